The standard InChI is InChI=1S/C20H23NO4/c1-14-8-7-11-18(15(14)2)25-13-19(22)21-17(20(23)24-3)12-16-9-5-4-6-10-16/h4-11,17H,12-13H2,1-3H3,(H,21,22). The summed E-state index contributed by atoms with van der Waals surface area (Å²) in [5, 5.41) is 2.68. The molecule has 2 aromatic carbocycles. The molecule has 2 aromatic rings. The summed E-state index contributed by atoms with van der Waals surface area (Å²) in [7, 11) is 1.30. The van der Waals surface area contributed by atoms with Crippen molar-refractivity contribution in [3.8, 4) is 5.75 Å². The van der Waals surface area contributed by atoms with E-state index in [1.54, 1.807) is 0 Å². The van der Waals surface area contributed by atoms with Crippen molar-refractivity contribution in [3.63, 3.8) is 0 Å². The molecule has 0 spiro atoms. The highest BCUT2D eigenvalue weighted by molar-refractivity contribution is 5.85. The number of aryl methyl sites for hydroxylation is 1. The second kappa shape index (κ2) is 8.87. The largest absolute Gasteiger partial charge is 0.483 e. The van der Waals surface area contributed by atoms with Crippen molar-refractivity contribution < 1.29 is 19.1 Å². The Labute approximate surface area is 148 Å². The number of methoxy groups -OCH3 is 1. The molecule has 0 aliphatic rings. The van der Waals surface area contributed by atoms with Crippen LogP contribution >= 0.6 is 0 Å². The fraction of sp³-hybridized carbons (Fsp3) is 0.300. The molecule has 0 aliphatic heterocycles. The number of esters is 1. The summed E-state index contributed by atoms with van der Waals surface area (Å²) in [5.41, 5.74) is 3.02. The van der Waals surface area contributed by atoms with Gasteiger partial charge in [0, 0.05) is 6.42 Å². The Morgan fingerprint density at radius 1 is 1.04 bits per heavy atom. The van der Waals surface area contributed by atoms with Crippen LogP contribution < -0.4 is 10.1 Å². The van der Waals surface area contributed by atoms with Crippen LogP contribution in [0.15, 0.2) is 48.5 Å². The lowest BCUT2D eigenvalue weighted by molar-refractivity contribution is -0.145. The monoisotopic (exact) mass is 341 g/mol. The van der Waals surface area contributed by atoms with Crippen LogP contribution in [0, 0.1) is 13.8 Å². The summed E-state index contributed by atoms with van der Waals surface area (Å²) in [5.74, 6) is -0.191. The Kier molecular flexibility index (Phi) is 6.57. The second-order valence-corrected chi connectivity index (χ2v) is 5.82. The molecule has 5 nitrogen and oxygen atoms in total. The van der Waals surface area contributed by atoms with Gasteiger partial charge in [0.1, 0.15) is 11.8 Å². The average Bonchev–Trinajstić information content (AvgIpc) is 2.62. The number of carbonyl (C=O) groups is 2. The smallest absolute Gasteiger partial charge is 0.328 e. The average molecular weight is 341 g/mol. The molecule has 0 aliphatic carbocycles. The molecular formula is C20H23NO4. The maximum Gasteiger partial charge on any atom is 0.328 e. The van der Waals surface area contributed by atoms with Crippen LogP contribution in [0.2, 0.25) is 0 Å². The minimum atomic E-state index is -0.748. The topological polar surface area (TPSA) is 64.6 Å². The van der Waals surface area contributed by atoms with Crippen LogP contribution in [-0.2, 0) is 20.7 Å². The number of rotatable bonds is 7. The number of benzene rings is 2. The number of nitrogens with one attached hydrogen (secondary N) is 1. The molecule has 132 valence electrons. The highest BCUT2D eigenvalue weighted by atomic mass is 16.5. The summed E-state index contributed by atoms with van der Waals surface area (Å²) in [4.78, 5) is 24.1. The first-order chi connectivity index (χ1) is 12.0. The van der Waals surface area contributed by atoms with Gasteiger partial charge in [-0.25, -0.2) is 4.79 Å². The summed E-state index contributed by atoms with van der Waals surface area (Å²) >= 11 is 0. The molecular weight excluding hydrogens is 318 g/mol. The van der Waals surface area contributed by atoms with Gasteiger partial charge in [-0.2, -0.15) is 0 Å². The van der Waals surface area contributed by atoms with Crippen LogP contribution in [0.25, 0.3) is 0 Å². The van der Waals surface area contributed by atoms with Crippen molar-refractivity contribution >= 4 is 11.9 Å². The van der Waals surface area contributed by atoms with Crippen molar-refractivity contribution in [2.45, 2.75) is 26.3 Å². The summed E-state index contributed by atoms with van der Waals surface area (Å²) < 4.78 is 10.4. The second-order valence-electron chi connectivity index (χ2n) is 5.82. The third kappa shape index (κ3) is 5.35. The predicted octanol–water partition coefficient (Wildman–Crippen LogP) is 2.58. The van der Waals surface area contributed by atoms with Gasteiger partial charge in [0.15, 0.2) is 6.61 Å². The molecule has 0 saturated carbocycles. The van der Waals surface area contributed by atoms with Gasteiger partial charge in [-0.15, -0.1) is 0 Å². The minimum absolute atomic E-state index is 0.160. The maximum absolute atomic E-state index is 12.2. The van der Waals surface area contributed by atoms with Crippen molar-refractivity contribution in [3.05, 3.63) is 65.2 Å². The highest BCUT2D eigenvalue weighted by Gasteiger charge is 2.22. The number of hydrogen-bond donors (Lipinski definition) is 1. The highest BCUT2D eigenvalue weighted by Crippen LogP contribution is 2.20. The van der Waals surface area contributed by atoms with E-state index in [2.05, 4.69) is 5.32 Å². The Balaban J connectivity index is 1.97. The Morgan fingerprint density at radius 3 is 2.44 bits per heavy atom. The van der Waals surface area contributed by atoms with Crippen LogP contribution in [0.4, 0.5) is 0 Å². The van der Waals surface area contributed by atoms with E-state index in [1.807, 2.05) is 62.4 Å². The normalized spacial score (nSPS) is 11.5. The zero-order chi connectivity index (χ0) is 18.2. The number of amides is 1. The molecule has 25 heavy (non-hydrogen) atoms. The van der Waals surface area contributed by atoms with Crippen LogP contribution in [-0.4, -0.2) is 31.6 Å². The van der Waals surface area contributed by atoms with Gasteiger partial charge >= 0.3 is 5.97 Å². The lowest BCUT2D eigenvalue weighted by Crippen LogP contribution is -2.44. The van der Waals surface area contributed by atoms with E-state index in [0.29, 0.717) is 12.2 Å². The number of carbonyl (C=O) groups excluding carboxylic acids is 2. The first kappa shape index (κ1) is 18.5. The molecule has 0 saturated heterocycles. The van der Waals surface area contributed by atoms with Gasteiger partial charge in [-0.3, -0.25) is 4.79 Å². The molecule has 0 heterocycles. The van der Waals surface area contributed by atoms with E-state index in [4.69, 9.17) is 9.47 Å². The lowest BCUT2D eigenvalue weighted by atomic mass is 10.1. The van der Waals surface area contributed by atoms with E-state index >= 15 is 0 Å². The third-order valence-electron chi connectivity index (χ3n) is 4.02. The number of hydrogen-bond acceptors (Lipinski definition) is 4. The summed E-state index contributed by atoms with van der Waals surface area (Å²) in [6.07, 6.45) is 0.364. The van der Waals surface area contributed by atoms with Gasteiger partial charge in [-0.05, 0) is 36.6 Å². The van der Waals surface area contributed by atoms with Crippen molar-refractivity contribution in [1.82, 2.24) is 5.32 Å². The van der Waals surface area contributed by atoms with E-state index in [1.165, 1.54) is 7.11 Å². The van der Waals surface area contributed by atoms with Crippen LogP contribution in [0.1, 0.15) is 16.7 Å². The quantitative estimate of drug-likeness (QED) is 0.786. The Bertz CT molecular complexity index is 728. The molecule has 1 unspecified atom stereocenters. The first-order valence-corrected chi connectivity index (χ1v) is 8.11. The molecule has 1 atom stereocenters. The Morgan fingerprint density at radius 2 is 1.76 bits per heavy atom. The summed E-state index contributed by atoms with van der Waals surface area (Å²) in [6.45, 7) is 3.76. The predicted molar refractivity (Wildman–Crippen MR) is 95.5 cm³/mol. The minimum Gasteiger partial charge on any atom is -0.483 e. The molecule has 5 heteroatoms. The van der Waals surface area contributed by atoms with Crippen LogP contribution in [0.5, 0.6) is 5.75 Å². The fourth-order valence-corrected chi connectivity index (χ4v) is 2.45. The molecule has 2 rings (SSSR count). The maximum atomic E-state index is 12.2. The molecule has 1 amide bonds. The first-order valence-electron chi connectivity index (χ1n) is 8.11. The molecule has 0 fully saturated rings. The van der Waals surface area contributed by atoms with Gasteiger partial charge in [0.25, 0.3) is 5.91 Å². The zero-order valence-corrected chi connectivity index (χ0v) is 14.7. The zero-order valence-electron chi connectivity index (χ0n) is 14.7. The molecule has 0 radical (unpaired) electrons. The van der Waals surface area contributed by atoms with Crippen molar-refractivity contribution in [1.29, 1.82) is 0 Å². The number of ether oxygens (including phenoxy) is 2. The Hall–Kier alpha value is -2.82. The van der Waals surface area contributed by atoms with Crippen LogP contribution in [0.3, 0.4) is 0 Å². The molecule has 0 bridgehead atoms. The van der Waals surface area contributed by atoms with E-state index in [-0.39, 0.29) is 12.5 Å². The molecule has 1 N–H and O–H groups in total. The lowest BCUT2D eigenvalue weighted by Gasteiger charge is -2.17. The third-order valence-corrected chi connectivity index (χ3v) is 4.02. The fourth-order valence-electron chi connectivity index (χ4n) is 2.45. The van der Waals surface area contributed by atoms with E-state index in [0.717, 1.165) is 16.7 Å². The van der Waals surface area contributed by atoms with Crippen molar-refractivity contribution in [2.75, 3.05) is 13.7 Å². The summed E-state index contributed by atoms with van der Waals surface area (Å²) in [6, 6.07) is 14.4. The molecule has 0 aromatic heterocycles. The van der Waals surface area contributed by atoms with Gasteiger partial charge in [-0.1, -0.05) is 42.5 Å². The van der Waals surface area contributed by atoms with Gasteiger partial charge < -0.3 is 14.8 Å². The SMILES string of the molecule is COC(=O)C(Cc1ccccc1)NC(=O)COc1cccc(C)c1C. The van der Waals surface area contributed by atoms with Crippen molar-refractivity contribution in [2.24, 2.45) is 0 Å². The van der Waals surface area contributed by atoms with E-state index in [9.17, 15) is 9.59 Å². The van der Waals surface area contributed by atoms with Gasteiger partial charge in [0.2, 0.25) is 0 Å². The van der Waals surface area contributed by atoms with E-state index < -0.39 is 12.0 Å². The van der Waals surface area contributed by atoms with Gasteiger partial charge in [0.05, 0.1) is 7.11 Å².